The van der Waals surface area contributed by atoms with E-state index in [2.05, 4.69) is 17.5 Å². The van der Waals surface area contributed by atoms with E-state index in [-0.39, 0.29) is 5.92 Å². The smallest absolute Gasteiger partial charge is 0.339 e. The molecule has 2 aromatic rings. The number of esters is 1. The highest BCUT2D eigenvalue weighted by molar-refractivity contribution is 7.99. The first kappa shape index (κ1) is 20.4. The lowest BCUT2D eigenvalue weighted by atomic mass is 9.98. The molecule has 0 radical (unpaired) electrons. The van der Waals surface area contributed by atoms with Gasteiger partial charge in [-0.2, -0.15) is 10.5 Å². The van der Waals surface area contributed by atoms with Crippen molar-refractivity contribution in [3.63, 3.8) is 0 Å². The highest BCUT2D eigenvalue weighted by atomic mass is 32.2. The Balaban J connectivity index is 1.66. The Bertz CT molecular complexity index is 1020. The lowest BCUT2D eigenvalue weighted by molar-refractivity contribution is -0.125. The molecule has 1 saturated carbocycles. The zero-order valence-electron chi connectivity index (χ0n) is 15.8. The number of nitrogens with one attached hydrogen (secondary N) is 1. The van der Waals surface area contributed by atoms with Gasteiger partial charge in [-0.1, -0.05) is 36.0 Å². The van der Waals surface area contributed by atoms with Gasteiger partial charge in [0.15, 0.2) is 6.61 Å². The van der Waals surface area contributed by atoms with E-state index < -0.39 is 24.0 Å². The molecular weight excluding hydrogens is 386 g/mol. The van der Waals surface area contributed by atoms with Crippen molar-refractivity contribution in [2.75, 3.05) is 6.61 Å². The molecule has 1 atom stereocenters. The van der Waals surface area contributed by atoms with E-state index in [0.717, 1.165) is 17.7 Å². The first-order valence-corrected chi connectivity index (χ1v) is 9.94. The van der Waals surface area contributed by atoms with Crippen molar-refractivity contribution >= 4 is 23.6 Å². The van der Waals surface area contributed by atoms with Crippen molar-refractivity contribution in [3.05, 3.63) is 59.7 Å². The maximum absolute atomic E-state index is 12.6. The van der Waals surface area contributed by atoms with Gasteiger partial charge in [-0.05, 0) is 49.9 Å². The highest BCUT2D eigenvalue weighted by Gasteiger charge is 2.43. The first-order valence-electron chi connectivity index (χ1n) is 9.12. The van der Waals surface area contributed by atoms with E-state index in [0.29, 0.717) is 16.0 Å². The summed E-state index contributed by atoms with van der Waals surface area (Å²) < 4.78 is 5.18. The number of hydrogen-bond acceptors (Lipinski definition) is 6. The van der Waals surface area contributed by atoms with Gasteiger partial charge in [0, 0.05) is 9.79 Å². The number of hydrogen-bond donors (Lipinski definition) is 1. The topological polar surface area (TPSA) is 103 Å². The number of rotatable bonds is 7. The monoisotopic (exact) mass is 405 g/mol. The molecule has 1 aliphatic rings. The molecule has 6 nitrogen and oxygen atoms in total. The molecule has 1 fully saturated rings. The summed E-state index contributed by atoms with van der Waals surface area (Å²) in [6, 6.07) is 18.2. The van der Waals surface area contributed by atoms with Crippen molar-refractivity contribution in [1.29, 1.82) is 10.5 Å². The molecule has 7 heteroatoms. The number of carbonyl (C=O) groups is 2. The third-order valence-electron chi connectivity index (χ3n) is 4.69. The maximum Gasteiger partial charge on any atom is 0.339 e. The maximum atomic E-state index is 12.6. The molecule has 0 unspecified atom stereocenters. The quantitative estimate of drug-likeness (QED) is 0.705. The van der Waals surface area contributed by atoms with Gasteiger partial charge in [0.05, 0.1) is 17.2 Å². The van der Waals surface area contributed by atoms with E-state index in [1.165, 1.54) is 11.8 Å². The SMILES string of the molecule is C[C@@](C#N)(NC(=O)COC(=O)c1ccccc1Sc1ccccc1C#N)C1CC1. The predicted molar refractivity (Wildman–Crippen MR) is 107 cm³/mol. The summed E-state index contributed by atoms with van der Waals surface area (Å²) in [5, 5.41) is 21.2. The summed E-state index contributed by atoms with van der Waals surface area (Å²) >= 11 is 1.29. The summed E-state index contributed by atoms with van der Waals surface area (Å²) in [5.41, 5.74) is -0.114. The molecule has 146 valence electrons. The Morgan fingerprint density at radius 2 is 1.79 bits per heavy atom. The van der Waals surface area contributed by atoms with Crippen LogP contribution in [0.2, 0.25) is 0 Å². The minimum Gasteiger partial charge on any atom is -0.452 e. The summed E-state index contributed by atoms with van der Waals surface area (Å²) in [4.78, 5) is 26.1. The van der Waals surface area contributed by atoms with Crippen LogP contribution in [-0.4, -0.2) is 24.0 Å². The Morgan fingerprint density at radius 3 is 2.45 bits per heavy atom. The van der Waals surface area contributed by atoms with Gasteiger partial charge < -0.3 is 10.1 Å². The second kappa shape index (κ2) is 8.81. The molecule has 0 saturated heterocycles. The average molecular weight is 405 g/mol. The van der Waals surface area contributed by atoms with Crippen LogP contribution in [0.5, 0.6) is 0 Å². The van der Waals surface area contributed by atoms with Crippen LogP contribution >= 0.6 is 11.8 Å². The second-order valence-corrected chi connectivity index (χ2v) is 8.00. The summed E-state index contributed by atoms with van der Waals surface area (Å²) in [6.45, 7) is 1.22. The number of carbonyl (C=O) groups excluding carboxylic acids is 2. The van der Waals surface area contributed by atoms with Crippen LogP contribution in [0.4, 0.5) is 0 Å². The van der Waals surface area contributed by atoms with E-state index in [1.807, 2.05) is 6.07 Å². The van der Waals surface area contributed by atoms with Crippen LogP contribution in [0.15, 0.2) is 58.3 Å². The third kappa shape index (κ3) is 4.96. The Hall–Kier alpha value is -3.29. The van der Waals surface area contributed by atoms with Crippen LogP contribution in [0.1, 0.15) is 35.7 Å². The fraction of sp³-hybridized carbons (Fsp3) is 0.273. The number of ether oxygens (including phenoxy) is 1. The molecular formula is C22H19N3O3S. The Morgan fingerprint density at radius 1 is 1.14 bits per heavy atom. The van der Waals surface area contributed by atoms with Crippen LogP contribution in [0.3, 0.4) is 0 Å². The largest absolute Gasteiger partial charge is 0.452 e. The molecule has 1 N–H and O–H groups in total. The standard InChI is InChI=1S/C22H19N3O3S/c1-22(14-24,16-10-11-16)25-20(26)13-28-21(27)17-7-3-5-9-19(17)29-18-8-4-2-6-15(18)12-23/h2-9,16H,10-11,13H2,1H3,(H,25,26)/t22-/m0/s1. The van der Waals surface area contributed by atoms with Crippen LogP contribution in [0, 0.1) is 28.6 Å². The molecule has 0 aromatic heterocycles. The average Bonchev–Trinajstić information content (AvgIpc) is 3.59. The summed E-state index contributed by atoms with van der Waals surface area (Å²) in [6.07, 6.45) is 1.80. The Kier molecular flexibility index (Phi) is 6.21. The number of amides is 1. The van der Waals surface area contributed by atoms with Gasteiger partial charge in [-0.15, -0.1) is 0 Å². The lowest BCUT2D eigenvalue weighted by Crippen LogP contribution is -2.48. The van der Waals surface area contributed by atoms with Crippen molar-refractivity contribution in [2.45, 2.75) is 35.1 Å². The van der Waals surface area contributed by atoms with Gasteiger partial charge in [-0.25, -0.2) is 4.79 Å². The fourth-order valence-corrected chi connectivity index (χ4v) is 3.92. The van der Waals surface area contributed by atoms with E-state index in [4.69, 9.17) is 4.74 Å². The highest BCUT2D eigenvalue weighted by Crippen LogP contribution is 2.39. The van der Waals surface area contributed by atoms with Gasteiger partial charge in [0.1, 0.15) is 11.6 Å². The number of benzene rings is 2. The summed E-state index contributed by atoms with van der Waals surface area (Å²) in [5.74, 6) is -0.999. The van der Waals surface area contributed by atoms with Gasteiger partial charge >= 0.3 is 5.97 Å². The lowest BCUT2D eigenvalue weighted by Gasteiger charge is -2.22. The van der Waals surface area contributed by atoms with Crippen molar-refractivity contribution in [1.82, 2.24) is 5.32 Å². The molecule has 0 heterocycles. The molecule has 2 aromatic carbocycles. The van der Waals surface area contributed by atoms with Crippen molar-refractivity contribution in [2.24, 2.45) is 5.92 Å². The molecule has 1 amide bonds. The second-order valence-electron chi connectivity index (χ2n) is 6.92. The molecule has 0 bridgehead atoms. The zero-order chi connectivity index (χ0) is 20.9. The molecule has 1 aliphatic carbocycles. The number of nitrogens with zero attached hydrogens (tertiary/aromatic N) is 2. The normalized spacial score (nSPS) is 14.7. The zero-order valence-corrected chi connectivity index (χ0v) is 16.7. The molecule has 3 rings (SSSR count). The van der Waals surface area contributed by atoms with Crippen LogP contribution in [-0.2, 0) is 9.53 Å². The van der Waals surface area contributed by atoms with Gasteiger partial charge in [0.2, 0.25) is 0 Å². The predicted octanol–water partition coefficient (Wildman–Crippen LogP) is 3.67. The van der Waals surface area contributed by atoms with E-state index in [1.54, 1.807) is 49.4 Å². The van der Waals surface area contributed by atoms with Gasteiger partial charge in [0.25, 0.3) is 5.91 Å². The molecule has 29 heavy (non-hydrogen) atoms. The van der Waals surface area contributed by atoms with E-state index in [9.17, 15) is 20.1 Å². The molecule has 0 spiro atoms. The minimum atomic E-state index is -0.932. The minimum absolute atomic E-state index is 0.143. The summed E-state index contributed by atoms with van der Waals surface area (Å²) in [7, 11) is 0. The molecule has 0 aliphatic heterocycles. The van der Waals surface area contributed by atoms with Crippen molar-refractivity contribution in [3.8, 4) is 12.1 Å². The van der Waals surface area contributed by atoms with Crippen molar-refractivity contribution < 1.29 is 14.3 Å². The Labute approximate surface area is 173 Å². The first-order chi connectivity index (χ1) is 14.0. The third-order valence-corrected chi connectivity index (χ3v) is 5.85. The fourth-order valence-electron chi connectivity index (χ4n) is 2.91. The van der Waals surface area contributed by atoms with Gasteiger partial charge in [-0.3, -0.25) is 4.79 Å². The van der Waals surface area contributed by atoms with Crippen LogP contribution in [0.25, 0.3) is 0 Å². The van der Waals surface area contributed by atoms with Crippen LogP contribution < -0.4 is 5.32 Å². The number of nitriles is 2. The van der Waals surface area contributed by atoms with E-state index >= 15 is 0 Å².